The van der Waals surface area contributed by atoms with Crippen LogP contribution in [-0.4, -0.2) is 31.1 Å². The van der Waals surface area contributed by atoms with E-state index in [1.165, 1.54) is 0 Å². The Labute approximate surface area is 135 Å². The summed E-state index contributed by atoms with van der Waals surface area (Å²) in [5.41, 5.74) is 2.03. The number of hydrogen-bond donors (Lipinski definition) is 1. The highest BCUT2D eigenvalue weighted by molar-refractivity contribution is 5.76. The highest BCUT2D eigenvalue weighted by atomic mass is 16.1. The Balaban J connectivity index is 4.07. The van der Waals surface area contributed by atoms with Crippen molar-refractivity contribution in [2.24, 2.45) is 0 Å². The molecule has 0 aromatic rings. The monoisotopic (exact) mass is 300 g/mol. The van der Waals surface area contributed by atoms with Crippen LogP contribution in [0.1, 0.15) is 19.8 Å². The van der Waals surface area contributed by atoms with Crippen LogP contribution in [0, 0.1) is 0 Å². The molecule has 0 spiro atoms. The van der Waals surface area contributed by atoms with E-state index >= 15 is 0 Å². The minimum Gasteiger partial charge on any atom is -0.343 e. The van der Waals surface area contributed by atoms with E-state index in [0.29, 0.717) is 26.1 Å². The van der Waals surface area contributed by atoms with Crippen LogP contribution in [0.15, 0.2) is 73.4 Å². The van der Waals surface area contributed by atoms with Crippen molar-refractivity contribution in [3.8, 4) is 0 Å². The van der Waals surface area contributed by atoms with Gasteiger partial charge in [-0.25, -0.2) is 0 Å². The molecule has 0 atom stereocenters. The van der Waals surface area contributed by atoms with E-state index in [2.05, 4.69) is 25.1 Å². The molecule has 0 aliphatic heterocycles. The molecule has 0 fully saturated rings. The van der Waals surface area contributed by atoms with Gasteiger partial charge in [0, 0.05) is 13.0 Å². The SMILES string of the molecule is C=C/C=C\C(=C)CN(C)CNC(=O)CC/C(C=C)=C/C=C\C. The van der Waals surface area contributed by atoms with Crippen LogP contribution in [0.25, 0.3) is 0 Å². The molecule has 1 amide bonds. The van der Waals surface area contributed by atoms with Gasteiger partial charge in [-0.1, -0.05) is 62.3 Å². The maximum atomic E-state index is 11.8. The van der Waals surface area contributed by atoms with Gasteiger partial charge in [-0.3, -0.25) is 9.69 Å². The number of nitrogens with one attached hydrogen (secondary N) is 1. The zero-order valence-electron chi connectivity index (χ0n) is 13.8. The van der Waals surface area contributed by atoms with Gasteiger partial charge in [0.25, 0.3) is 0 Å². The first-order valence-corrected chi connectivity index (χ1v) is 7.39. The predicted octanol–water partition coefficient (Wildman–Crippen LogP) is 3.76. The van der Waals surface area contributed by atoms with Crippen molar-refractivity contribution in [1.82, 2.24) is 10.2 Å². The zero-order chi connectivity index (χ0) is 16.8. The molecule has 0 unspecified atom stereocenters. The van der Waals surface area contributed by atoms with Crippen LogP contribution in [0.4, 0.5) is 0 Å². The largest absolute Gasteiger partial charge is 0.343 e. The van der Waals surface area contributed by atoms with Crippen molar-refractivity contribution >= 4 is 5.91 Å². The quantitative estimate of drug-likeness (QED) is 0.465. The van der Waals surface area contributed by atoms with Crippen LogP contribution in [0.3, 0.4) is 0 Å². The molecule has 0 heterocycles. The molecule has 1 N–H and O–H groups in total. The lowest BCUT2D eigenvalue weighted by atomic mass is 10.1. The fourth-order valence-corrected chi connectivity index (χ4v) is 1.70. The number of carbonyl (C=O) groups is 1. The molecule has 3 heteroatoms. The van der Waals surface area contributed by atoms with Crippen molar-refractivity contribution in [2.45, 2.75) is 19.8 Å². The molecule has 22 heavy (non-hydrogen) atoms. The van der Waals surface area contributed by atoms with Gasteiger partial charge in [-0.15, -0.1) is 0 Å². The lowest BCUT2D eigenvalue weighted by Crippen LogP contribution is -2.36. The number of amides is 1. The summed E-state index contributed by atoms with van der Waals surface area (Å²) >= 11 is 0. The second-order valence-electron chi connectivity index (χ2n) is 5.00. The van der Waals surface area contributed by atoms with Crippen molar-refractivity contribution < 1.29 is 4.79 Å². The summed E-state index contributed by atoms with van der Waals surface area (Å²) in [6.07, 6.45) is 14.3. The molecule has 0 aliphatic rings. The van der Waals surface area contributed by atoms with E-state index < -0.39 is 0 Å². The molecule has 0 rings (SSSR count). The maximum Gasteiger partial charge on any atom is 0.221 e. The third-order valence-corrected chi connectivity index (χ3v) is 2.89. The second kappa shape index (κ2) is 12.6. The molecule has 0 saturated carbocycles. The molecule has 0 bridgehead atoms. The van der Waals surface area contributed by atoms with E-state index in [1.54, 1.807) is 12.2 Å². The summed E-state index contributed by atoms with van der Waals surface area (Å²) in [7, 11) is 1.94. The summed E-state index contributed by atoms with van der Waals surface area (Å²) in [6, 6.07) is 0. The molecule has 3 nitrogen and oxygen atoms in total. The summed E-state index contributed by atoms with van der Waals surface area (Å²) in [6.45, 7) is 14.5. The van der Waals surface area contributed by atoms with Gasteiger partial charge in [0.15, 0.2) is 0 Å². The fourth-order valence-electron chi connectivity index (χ4n) is 1.70. The average molecular weight is 300 g/mol. The molecule has 0 aliphatic carbocycles. The van der Waals surface area contributed by atoms with Crippen LogP contribution >= 0.6 is 0 Å². The fraction of sp³-hybridized carbons (Fsp3) is 0.316. The van der Waals surface area contributed by atoms with Crippen LogP contribution in [-0.2, 0) is 4.79 Å². The summed E-state index contributed by atoms with van der Waals surface area (Å²) in [4.78, 5) is 13.8. The minimum absolute atomic E-state index is 0.0346. The molecule has 0 saturated heterocycles. The van der Waals surface area contributed by atoms with Gasteiger partial charge < -0.3 is 5.32 Å². The third-order valence-electron chi connectivity index (χ3n) is 2.89. The number of rotatable bonds is 11. The Kier molecular flexibility index (Phi) is 11.4. The van der Waals surface area contributed by atoms with Gasteiger partial charge in [0.05, 0.1) is 6.67 Å². The molecule has 0 aromatic heterocycles. The molecule has 0 aromatic carbocycles. The second-order valence-corrected chi connectivity index (χ2v) is 5.00. The topological polar surface area (TPSA) is 32.3 Å². The zero-order valence-corrected chi connectivity index (χ0v) is 13.8. The maximum absolute atomic E-state index is 11.8. The number of allylic oxidation sites excluding steroid dienone is 7. The summed E-state index contributed by atoms with van der Waals surface area (Å²) in [5, 5.41) is 2.90. The smallest absolute Gasteiger partial charge is 0.221 e. The van der Waals surface area contributed by atoms with Crippen molar-refractivity contribution in [1.29, 1.82) is 0 Å². The van der Waals surface area contributed by atoms with Gasteiger partial charge >= 0.3 is 0 Å². The van der Waals surface area contributed by atoms with Crippen molar-refractivity contribution in [3.63, 3.8) is 0 Å². The number of hydrogen-bond acceptors (Lipinski definition) is 2. The molecular formula is C19H28N2O. The number of carbonyl (C=O) groups excluding carboxylic acids is 1. The molecular weight excluding hydrogens is 272 g/mol. The van der Waals surface area contributed by atoms with Gasteiger partial charge in [-0.05, 0) is 31.5 Å². The molecule has 0 radical (unpaired) electrons. The van der Waals surface area contributed by atoms with E-state index in [-0.39, 0.29) is 5.91 Å². The van der Waals surface area contributed by atoms with Crippen LogP contribution in [0.5, 0.6) is 0 Å². The van der Waals surface area contributed by atoms with Crippen LogP contribution in [0.2, 0.25) is 0 Å². The van der Waals surface area contributed by atoms with Crippen molar-refractivity contribution in [3.05, 3.63) is 73.4 Å². The third kappa shape index (κ3) is 10.6. The average Bonchev–Trinajstić information content (AvgIpc) is 2.51. The first-order chi connectivity index (χ1) is 10.5. The van der Waals surface area contributed by atoms with Crippen molar-refractivity contribution in [2.75, 3.05) is 20.3 Å². The summed E-state index contributed by atoms with van der Waals surface area (Å²) < 4.78 is 0. The van der Waals surface area contributed by atoms with E-state index in [4.69, 9.17) is 0 Å². The Hall–Kier alpha value is -2.13. The normalized spacial score (nSPS) is 12.0. The van der Waals surface area contributed by atoms with E-state index in [9.17, 15) is 4.79 Å². The first-order valence-electron chi connectivity index (χ1n) is 7.39. The highest BCUT2D eigenvalue weighted by Crippen LogP contribution is 2.06. The minimum atomic E-state index is 0.0346. The van der Waals surface area contributed by atoms with Crippen LogP contribution < -0.4 is 5.32 Å². The Morgan fingerprint density at radius 3 is 2.55 bits per heavy atom. The van der Waals surface area contributed by atoms with Gasteiger partial charge in [-0.2, -0.15) is 0 Å². The molecule has 120 valence electrons. The highest BCUT2D eigenvalue weighted by Gasteiger charge is 2.04. The van der Waals surface area contributed by atoms with E-state index in [1.807, 2.05) is 49.3 Å². The number of nitrogens with zero attached hydrogens (tertiary/aromatic N) is 1. The lowest BCUT2D eigenvalue weighted by molar-refractivity contribution is -0.121. The Morgan fingerprint density at radius 1 is 1.23 bits per heavy atom. The summed E-state index contributed by atoms with van der Waals surface area (Å²) in [5.74, 6) is 0.0346. The van der Waals surface area contributed by atoms with E-state index in [0.717, 1.165) is 11.1 Å². The van der Waals surface area contributed by atoms with Gasteiger partial charge in [0.1, 0.15) is 0 Å². The Morgan fingerprint density at radius 2 is 1.95 bits per heavy atom. The van der Waals surface area contributed by atoms with Gasteiger partial charge in [0.2, 0.25) is 5.91 Å². The number of likely N-dealkylation sites (N-methyl/N-ethyl adjacent to an activating group) is 1. The predicted molar refractivity (Wildman–Crippen MR) is 96.4 cm³/mol. The standard InChI is InChI=1S/C19H28N2O/c1-6-9-11-17(4)15-21(5)16-20-19(22)14-13-18(8-3)12-10-7-2/h6-12H,1,3-4,13-16H2,2,5H3,(H,20,22)/b10-7-,11-9-,18-12+. The Bertz CT molecular complexity index is 470. The lowest BCUT2D eigenvalue weighted by Gasteiger charge is -2.17. The first kappa shape index (κ1) is 19.9.